The smallest absolute Gasteiger partial charge is 0.307 e. The number of amides is 1. The molecule has 1 aliphatic heterocycles. The van der Waals surface area contributed by atoms with Gasteiger partial charge in [0.15, 0.2) is 10.4 Å². The Labute approximate surface area is 131 Å². The number of carbonyl (C=O) groups excluding carboxylic acids is 2. The van der Waals surface area contributed by atoms with E-state index >= 15 is 0 Å². The fraction of sp³-hybridized carbons (Fsp3) is 0.571. The molecular formula is C14H18BrNO5. The maximum absolute atomic E-state index is 12.5. The maximum atomic E-state index is 12.5. The standard InChI is InChI=1S/C14H18BrNO5/c1-19-13(17)6-7-16(9-10-3-2-8-20-10)14(18)11-4-5-12(15)21-11/h4-5,10H,2-3,6-9H2,1H3. The van der Waals surface area contributed by atoms with Gasteiger partial charge in [0.05, 0.1) is 19.6 Å². The lowest BCUT2D eigenvalue weighted by Crippen LogP contribution is -2.38. The van der Waals surface area contributed by atoms with Gasteiger partial charge in [0, 0.05) is 19.7 Å². The van der Waals surface area contributed by atoms with Crippen molar-refractivity contribution in [2.24, 2.45) is 0 Å². The first-order valence-electron chi connectivity index (χ1n) is 6.83. The SMILES string of the molecule is COC(=O)CCN(CC1CCCO1)C(=O)c1ccc(Br)o1. The Morgan fingerprint density at radius 2 is 2.29 bits per heavy atom. The van der Waals surface area contributed by atoms with Crippen LogP contribution in [0.15, 0.2) is 21.2 Å². The number of ether oxygens (including phenoxy) is 2. The van der Waals surface area contributed by atoms with E-state index in [0.717, 1.165) is 19.4 Å². The number of rotatable bonds is 6. The molecule has 1 aliphatic rings. The highest BCUT2D eigenvalue weighted by Gasteiger charge is 2.25. The minimum absolute atomic E-state index is 0.0185. The third-order valence-corrected chi connectivity index (χ3v) is 3.76. The summed E-state index contributed by atoms with van der Waals surface area (Å²) in [5.41, 5.74) is 0. The van der Waals surface area contributed by atoms with Crippen LogP contribution >= 0.6 is 15.9 Å². The van der Waals surface area contributed by atoms with Gasteiger partial charge in [-0.15, -0.1) is 0 Å². The molecule has 1 aromatic heterocycles. The summed E-state index contributed by atoms with van der Waals surface area (Å²) in [7, 11) is 1.33. The summed E-state index contributed by atoms with van der Waals surface area (Å²) in [6, 6.07) is 3.27. The van der Waals surface area contributed by atoms with Gasteiger partial charge in [0.25, 0.3) is 5.91 Å². The molecule has 0 spiro atoms. The minimum atomic E-state index is -0.347. The first kappa shape index (κ1) is 16.0. The molecular weight excluding hydrogens is 342 g/mol. The van der Waals surface area contributed by atoms with Crippen molar-refractivity contribution >= 4 is 27.8 Å². The molecule has 0 N–H and O–H groups in total. The van der Waals surface area contributed by atoms with Gasteiger partial charge < -0.3 is 18.8 Å². The molecule has 0 saturated carbocycles. The summed E-state index contributed by atoms with van der Waals surface area (Å²) < 4.78 is 16.0. The van der Waals surface area contributed by atoms with Gasteiger partial charge >= 0.3 is 5.97 Å². The molecule has 1 aromatic rings. The molecule has 7 heteroatoms. The van der Waals surface area contributed by atoms with Crippen molar-refractivity contribution in [1.29, 1.82) is 0 Å². The summed E-state index contributed by atoms with van der Waals surface area (Å²) in [5.74, 6) is -0.356. The van der Waals surface area contributed by atoms with Crippen LogP contribution in [0, 0.1) is 0 Å². The number of hydrogen-bond donors (Lipinski definition) is 0. The van der Waals surface area contributed by atoms with E-state index in [2.05, 4.69) is 20.7 Å². The van der Waals surface area contributed by atoms with E-state index in [-0.39, 0.29) is 36.7 Å². The topological polar surface area (TPSA) is 69.0 Å². The van der Waals surface area contributed by atoms with Crippen molar-refractivity contribution in [2.45, 2.75) is 25.4 Å². The van der Waals surface area contributed by atoms with Crippen molar-refractivity contribution in [3.63, 3.8) is 0 Å². The first-order valence-corrected chi connectivity index (χ1v) is 7.62. The zero-order valence-electron chi connectivity index (χ0n) is 11.8. The van der Waals surface area contributed by atoms with Crippen LogP contribution in [0.5, 0.6) is 0 Å². The molecule has 0 aliphatic carbocycles. The second-order valence-electron chi connectivity index (χ2n) is 4.82. The highest BCUT2D eigenvalue weighted by Crippen LogP contribution is 2.18. The van der Waals surface area contributed by atoms with Crippen molar-refractivity contribution < 1.29 is 23.5 Å². The Kier molecular flexibility index (Phi) is 5.81. The third-order valence-electron chi connectivity index (χ3n) is 3.33. The summed E-state index contributed by atoms with van der Waals surface area (Å²) in [4.78, 5) is 25.3. The number of esters is 1. The van der Waals surface area contributed by atoms with Crippen LogP contribution in [-0.4, -0.2) is 49.7 Å². The Morgan fingerprint density at radius 1 is 1.48 bits per heavy atom. The Hall–Kier alpha value is -1.34. The third kappa shape index (κ3) is 4.57. The van der Waals surface area contributed by atoms with Crippen molar-refractivity contribution in [2.75, 3.05) is 26.8 Å². The van der Waals surface area contributed by atoms with Gasteiger partial charge in [-0.05, 0) is 40.9 Å². The lowest BCUT2D eigenvalue weighted by atomic mass is 10.2. The summed E-state index contributed by atoms with van der Waals surface area (Å²) in [6.07, 6.45) is 2.08. The molecule has 21 heavy (non-hydrogen) atoms. The van der Waals surface area contributed by atoms with Gasteiger partial charge in [0.2, 0.25) is 0 Å². The Bertz CT molecular complexity index is 495. The predicted octanol–water partition coefficient (Wildman–Crippen LogP) is 2.23. The molecule has 0 aromatic carbocycles. The van der Waals surface area contributed by atoms with Crippen molar-refractivity contribution in [1.82, 2.24) is 4.90 Å². The van der Waals surface area contributed by atoms with E-state index < -0.39 is 0 Å². The van der Waals surface area contributed by atoms with E-state index in [9.17, 15) is 9.59 Å². The summed E-state index contributed by atoms with van der Waals surface area (Å²) >= 11 is 3.17. The molecule has 0 bridgehead atoms. The van der Waals surface area contributed by atoms with Crippen molar-refractivity contribution in [3.05, 3.63) is 22.6 Å². The van der Waals surface area contributed by atoms with Gasteiger partial charge in [-0.25, -0.2) is 0 Å². The maximum Gasteiger partial charge on any atom is 0.307 e. The average molecular weight is 360 g/mol. The summed E-state index contributed by atoms with van der Waals surface area (Å²) in [5, 5.41) is 0. The lowest BCUT2D eigenvalue weighted by molar-refractivity contribution is -0.140. The van der Waals surface area contributed by atoms with Gasteiger partial charge in [-0.3, -0.25) is 9.59 Å². The quantitative estimate of drug-likeness (QED) is 0.728. The van der Waals surface area contributed by atoms with Gasteiger partial charge in [0.1, 0.15) is 0 Å². The molecule has 2 heterocycles. The fourth-order valence-electron chi connectivity index (χ4n) is 2.22. The molecule has 1 amide bonds. The lowest BCUT2D eigenvalue weighted by Gasteiger charge is -2.24. The van der Waals surface area contributed by atoms with Crippen LogP contribution in [0.2, 0.25) is 0 Å². The average Bonchev–Trinajstić information content (AvgIpc) is 3.13. The zero-order chi connectivity index (χ0) is 15.2. The van der Waals surface area contributed by atoms with Gasteiger partial charge in [-0.2, -0.15) is 0 Å². The van der Waals surface area contributed by atoms with E-state index in [4.69, 9.17) is 9.15 Å². The predicted molar refractivity (Wildman–Crippen MR) is 77.9 cm³/mol. The number of methoxy groups -OCH3 is 1. The normalized spacial score (nSPS) is 17.7. The minimum Gasteiger partial charge on any atom is -0.469 e. The first-order chi connectivity index (χ1) is 10.1. The number of hydrogen-bond acceptors (Lipinski definition) is 5. The van der Waals surface area contributed by atoms with E-state index in [1.807, 2.05) is 0 Å². The fourth-order valence-corrected chi connectivity index (χ4v) is 2.53. The number of carbonyl (C=O) groups is 2. The molecule has 2 rings (SSSR count). The van der Waals surface area contributed by atoms with E-state index in [0.29, 0.717) is 11.2 Å². The highest BCUT2D eigenvalue weighted by atomic mass is 79.9. The van der Waals surface area contributed by atoms with Crippen molar-refractivity contribution in [3.8, 4) is 0 Å². The van der Waals surface area contributed by atoms with E-state index in [1.54, 1.807) is 17.0 Å². The van der Waals surface area contributed by atoms with Crippen LogP contribution in [0.1, 0.15) is 29.8 Å². The second kappa shape index (κ2) is 7.61. The Balaban J connectivity index is 2.02. The molecule has 6 nitrogen and oxygen atoms in total. The van der Waals surface area contributed by atoms with Crippen LogP contribution in [0.4, 0.5) is 0 Å². The summed E-state index contributed by atoms with van der Waals surface area (Å²) in [6.45, 7) is 1.45. The molecule has 0 radical (unpaired) electrons. The van der Waals surface area contributed by atoms with E-state index in [1.165, 1.54) is 7.11 Å². The van der Waals surface area contributed by atoms with Crippen LogP contribution in [-0.2, 0) is 14.3 Å². The van der Waals surface area contributed by atoms with Gasteiger partial charge in [-0.1, -0.05) is 0 Å². The number of furan rings is 1. The molecule has 1 unspecified atom stereocenters. The monoisotopic (exact) mass is 359 g/mol. The highest BCUT2D eigenvalue weighted by molar-refractivity contribution is 9.10. The number of nitrogens with zero attached hydrogens (tertiary/aromatic N) is 1. The van der Waals surface area contributed by atoms with Crippen LogP contribution in [0.25, 0.3) is 0 Å². The zero-order valence-corrected chi connectivity index (χ0v) is 13.4. The second-order valence-corrected chi connectivity index (χ2v) is 5.60. The van der Waals surface area contributed by atoms with Crippen LogP contribution < -0.4 is 0 Å². The van der Waals surface area contributed by atoms with Crippen LogP contribution in [0.3, 0.4) is 0 Å². The number of halogens is 1. The molecule has 1 saturated heterocycles. The molecule has 116 valence electrons. The largest absolute Gasteiger partial charge is 0.469 e. The Morgan fingerprint density at radius 3 is 2.86 bits per heavy atom. The molecule has 1 atom stereocenters. The molecule has 1 fully saturated rings.